The van der Waals surface area contributed by atoms with E-state index in [0.717, 1.165) is 4.90 Å². The molecule has 0 bridgehead atoms. The average Bonchev–Trinajstić information content (AvgIpc) is 2.50. The van der Waals surface area contributed by atoms with E-state index in [1.165, 1.54) is 0 Å². The van der Waals surface area contributed by atoms with E-state index in [1.54, 1.807) is 20.8 Å². The molecular weight excluding hydrogens is 258 g/mol. The van der Waals surface area contributed by atoms with Gasteiger partial charge in [0.05, 0.1) is 0 Å². The van der Waals surface area contributed by atoms with Crippen LogP contribution in [0.3, 0.4) is 0 Å². The van der Waals surface area contributed by atoms with Gasteiger partial charge in [0, 0.05) is 12.5 Å². The Balaban J connectivity index is 3.70. The van der Waals surface area contributed by atoms with Crippen molar-refractivity contribution in [2.45, 2.75) is 47.1 Å². The minimum absolute atomic E-state index is 0.0703. The van der Waals surface area contributed by atoms with Gasteiger partial charge in [-0.05, 0) is 10.8 Å². The van der Waals surface area contributed by atoms with Gasteiger partial charge in [0.2, 0.25) is 0 Å². The number of hydrogen-bond acceptors (Lipinski definition) is 2. The first kappa shape index (κ1) is 16.5. The van der Waals surface area contributed by atoms with Gasteiger partial charge in [-0.15, -0.1) is 0 Å². The topological polar surface area (TPSA) is 77.8 Å². The SMILES string of the molecule is C=C1CN(C(=O)O)[C@](C(=O)O)(C(C)(C)C)C1C(C)(C)C. The molecule has 1 unspecified atom stereocenters. The Hall–Kier alpha value is -1.52. The van der Waals surface area contributed by atoms with Crippen LogP contribution in [-0.2, 0) is 4.79 Å². The molecule has 2 atom stereocenters. The fraction of sp³-hybridized carbons (Fsp3) is 0.733. The monoisotopic (exact) mass is 283 g/mol. The lowest BCUT2D eigenvalue weighted by atomic mass is 9.58. The lowest BCUT2D eigenvalue weighted by Gasteiger charge is -2.50. The summed E-state index contributed by atoms with van der Waals surface area (Å²) in [7, 11) is 0. The maximum Gasteiger partial charge on any atom is 0.408 e. The standard InChI is InChI=1S/C15H25NO4/c1-9-8-16(12(19)20)15(11(17)18,14(5,6)7)10(9)13(2,3)4/h10H,1,8H2,2-7H3,(H,17,18)(H,19,20)/t10?,15-/m1/s1. The second kappa shape index (κ2) is 4.50. The predicted octanol–water partition coefficient (Wildman–Crippen LogP) is 3.07. The summed E-state index contributed by atoms with van der Waals surface area (Å²) in [4.78, 5) is 24.8. The van der Waals surface area contributed by atoms with E-state index in [9.17, 15) is 19.8 Å². The van der Waals surface area contributed by atoms with Crippen molar-refractivity contribution in [2.24, 2.45) is 16.7 Å². The zero-order chi connectivity index (χ0) is 16.1. The van der Waals surface area contributed by atoms with Crippen LogP contribution in [0.1, 0.15) is 41.5 Å². The van der Waals surface area contributed by atoms with E-state index in [-0.39, 0.29) is 6.54 Å². The van der Waals surface area contributed by atoms with Crippen LogP contribution in [0.5, 0.6) is 0 Å². The number of carboxylic acid groups (broad SMARTS) is 2. The average molecular weight is 283 g/mol. The molecule has 1 amide bonds. The van der Waals surface area contributed by atoms with Crippen LogP contribution in [-0.4, -0.2) is 39.3 Å². The third-order valence-corrected chi connectivity index (χ3v) is 4.18. The molecule has 114 valence electrons. The molecule has 1 heterocycles. The van der Waals surface area contributed by atoms with Crippen molar-refractivity contribution >= 4 is 12.1 Å². The summed E-state index contributed by atoms with van der Waals surface area (Å²) in [5, 5.41) is 19.4. The molecule has 1 saturated heterocycles. The molecule has 1 fully saturated rings. The van der Waals surface area contributed by atoms with Crippen molar-refractivity contribution in [3.05, 3.63) is 12.2 Å². The summed E-state index contributed by atoms with van der Waals surface area (Å²) in [6.45, 7) is 15.1. The van der Waals surface area contributed by atoms with E-state index >= 15 is 0 Å². The smallest absolute Gasteiger partial charge is 0.408 e. The summed E-state index contributed by atoms with van der Waals surface area (Å²) in [6, 6.07) is 0. The fourth-order valence-electron chi connectivity index (χ4n) is 3.73. The zero-order valence-electron chi connectivity index (χ0n) is 13.1. The number of carbonyl (C=O) groups is 2. The molecule has 0 aromatic heterocycles. The van der Waals surface area contributed by atoms with Crippen LogP contribution in [0.4, 0.5) is 4.79 Å². The third kappa shape index (κ3) is 2.09. The zero-order valence-corrected chi connectivity index (χ0v) is 13.1. The Kier molecular flexibility index (Phi) is 3.72. The van der Waals surface area contributed by atoms with E-state index in [2.05, 4.69) is 6.58 Å². The first-order valence-corrected chi connectivity index (χ1v) is 6.69. The lowest BCUT2D eigenvalue weighted by molar-refractivity contribution is -0.162. The van der Waals surface area contributed by atoms with E-state index in [1.807, 2.05) is 20.8 Å². The largest absolute Gasteiger partial charge is 0.479 e. The van der Waals surface area contributed by atoms with Gasteiger partial charge < -0.3 is 10.2 Å². The van der Waals surface area contributed by atoms with Crippen LogP contribution < -0.4 is 0 Å². The number of likely N-dealkylation sites (tertiary alicyclic amines) is 1. The molecule has 5 heteroatoms. The molecule has 0 saturated carbocycles. The molecule has 1 rings (SSSR count). The number of nitrogens with zero attached hydrogens (tertiary/aromatic N) is 1. The van der Waals surface area contributed by atoms with Gasteiger partial charge in [0.1, 0.15) is 0 Å². The highest BCUT2D eigenvalue weighted by Crippen LogP contribution is 2.55. The summed E-state index contributed by atoms with van der Waals surface area (Å²) < 4.78 is 0. The fourth-order valence-corrected chi connectivity index (χ4v) is 3.73. The first-order chi connectivity index (χ1) is 8.77. The van der Waals surface area contributed by atoms with Crippen molar-refractivity contribution in [3.8, 4) is 0 Å². The van der Waals surface area contributed by atoms with Crippen molar-refractivity contribution in [2.75, 3.05) is 6.54 Å². The number of hydrogen-bond donors (Lipinski definition) is 2. The second-order valence-corrected chi connectivity index (χ2v) is 7.65. The van der Waals surface area contributed by atoms with Gasteiger partial charge in [-0.1, -0.05) is 53.7 Å². The number of aliphatic carboxylic acids is 1. The molecule has 1 aliphatic heterocycles. The maximum atomic E-state index is 12.1. The molecule has 20 heavy (non-hydrogen) atoms. The molecule has 1 aliphatic rings. The summed E-state index contributed by atoms with van der Waals surface area (Å²) in [5.41, 5.74) is -1.99. The highest BCUT2D eigenvalue weighted by atomic mass is 16.4. The minimum Gasteiger partial charge on any atom is -0.479 e. The lowest BCUT2D eigenvalue weighted by Crippen LogP contribution is -2.65. The highest BCUT2D eigenvalue weighted by Gasteiger charge is 2.66. The first-order valence-electron chi connectivity index (χ1n) is 6.69. The van der Waals surface area contributed by atoms with Crippen LogP contribution in [0, 0.1) is 16.7 Å². The summed E-state index contributed by atoms with van der Waals surface area (Å²) >= 11 is 0. The quantitative estimate of drug-likeness (QED) is 0.725. The second-order valence-electron chi connectivity index (χ2n) is 7.65. The van der Waals surface area contributed by atoms with Crippen molar-refractivity contribution in [1.82, 2.24) is 4.90 Å². The van der Waals surface area contributed by atoms with Gasteiger partial charge in [-0.3, -0.25) is 4.90 Å². The van der Waals surface area contributed by atoms with Gasteiger partial charge in [-0.2, -0.15) is 0 Å². The predicted molar refractivity (Wildman–Crippen MR) is 76.6 cm³/mol. The Bertz CT molecular complexity index is 455. The third-order valence-electron chi connectivity index (χ3n) is 4.18. The number of amides is 1. The van der Waals surface area contributed by atoms with Crippen LogP contribution in [0.15, 0.2) is 12.2 Å². The van der Waals surface area contributed by atoms with Gasteiger partial charge >= 0.3 is 12.1 Å². The Morgan fingerprint density at radius 1 is 1.20 bits per heavy atom. The van der Waals surface area contributed by atoms with Gasteiger partial charge in [0.25, 0.3) is 0 Å². The van der Waals surface area contributed by atoms with Crippen molar-refractivity contribution < 1.29 is 19.8 Å². The van der Waals surface area contributed by atoms with E-state index < -0.39 is 34.3 Å². The molecule has 5 nitrogen and oxygen atoms in total. The van der Waals surface area contributed by atoms with Crippen molar-refractivity contribution in [3.63, 3.8) is 0 Å². The Labute approximate surface area is 120 Å². The molecule has 0 radical (unpaired) electrons. The van der Waals surface area contributed by atoms with Crippen LogP contribution in [0.25, 0.3) is 0 Å². The highest BCUT2D eigenvalue weighted by molar-refractivity contribution is 5.87. The molecule has 2 N–H and O–H groups in total. The summed E-state index contributed by atoms with van der Waals surface area (Å²) in [5.74, 6) is -1.55. The molecule has 0 aromatic rings. The number of carboxylic acids is 1. The van der Waals surface area contributed by atoms with E-state index in [4.69, 9.17) is 0 Å². The van der Waals surface area contributed by atoms with Crippen molar-refractivity contribution in [1.29, 1.82) is 0 Å². The molecule has 0 aliphatic carbocycles. The Morgan fingerprint density at radius 3 is 1.90 bits per heavy atom. The van der Waals surface area contributed by atoms with Crippen LogP contribution in [0.2, 0.25) is 0 Å². The van der Waals surface area contributed by atoms with Gasteiger partial charge in [0.15, 0.2) is 5.54 Å². The molecule has 0 spiro atoms. The molecular formula is C15H25NO4. The van der Waals surface area contributed by atoms with E-state index in [0.29, 0.717) is 5.57 Å². The Morgan fingerprint density at radius 2 is 1.65 bits per heavy atom. The molecule has 0 aromatic carbocycles. The van der Waals surface area contributed by atoms with Crippen LogP contribution >= 0.6 is 0 Å². The minimum atomic E-state index is -1.51. The number of rotatable bonds is 1. The maximum absolute atomic E-state index is 12.1. The normalized spacial score (nSPS) is 27.8. The summed E-state index contributed by atoms with van der Waals surface area (Å²) in [6.07, 6.45) is -1.21. The van der Waals surface area contributed by atoms with Gasteiger partial charge in [-0.25, -0.2) is 9.59 Å².